The predicted molar refractivity (Wildman–Crippen MR) is 71.6 cm³/mol. The topological polar surface area (TPSA) is 92.4 Å². The van der Waals surface area contributed by atoms with Crippen LogP contribution in [0.15, 0.2) is 35.0 Å². The number of rotatable bonds is 5. The number of amides is 1. The van der Waals surface area contributed by atoms with Gasteiger partial charge >= 0.3 is 5.97 Å². The molecule has 2 N–H and O–H groups in total. The van der Waals surface area contributed by atoms with E-state index in [1.54, 1.807) is 31.2 Å². The average molecular weight is 274 g/mol. The minimum absolute atomic E-state index is 0.0131. The van der Waals surface area contributed by atoms with Crippen LogP contribution in [0.5, 0.6) is 0 Å². The molecule has 2 rings (SSSR count). The van der Waals surface area contributed by atoms with Crippen molar-refractivity contribution in [1.29, 1.82) is 0 Å². The van der Waals surface area contributed by atoms with E-state index in [9.17, 15) is 9.59 Å². The molecular weight excluding hydrogens is 260 g/mol. The minimum Gasteiger partial charge on any atom is -0.481 e. The number of anilines is 1. The highest BCUT2D eigenvalue weighted by atomic mass is 16.5. The van der Waals surface area contributed by atoms with Crippen LogP contribution in [0.1, 0.15) is 28.1 Å². The fourth-order valence-corrected chi connectivity index (χ4v) is 1.81. The van der Waals surface area contributed by atoms with Crippen LogP contribution in [0.3, 0.4) is 0 Å². The Morgan fingerprint density at radius 1 is 1.35 bits per heavy atom. The number of hydrogen-bond acceptors (Lipinski definition) is 4. The first kappa shape index (κ1) is 13.8. The summed E-state index contributed by atoms with van der Waals surface area (Å²) < 4.78 is 4.84. The maximum absolute atomic E-state index is 12.1. The Morgan fingerprint density at radius 2 is 2.10 bits per heavy atom. The highest BCUT2D eigenvalue weighted by Gasteiger charge is 2.14. The van der Waals surface area contributed by atoms with Crippen molar-refractivity contribution in [2.24, 2.45) is 0 Å². The van der Waals surface area contributed by atoms with Crippen LogP contribution in [0, 0.1) is 6.92 Å². The average Bonchev–Trinajstić information content (AvgIpc) is 2.84. The number of aryl methyl sites for hydroxylation is 2. The van der Waals surface area contributed by atoms with E-state index in [0.717, 1.165) is 5.56 Å². The second-order valence-electron chi connectivity index (χ2n) is 4.30. The Morgan fingerprint density at radius 3 is 2.75 bits per heavy atom. The van der Waals surface area contributed by atoms with E-state index in [2.05, 4.69) is 10.5 Å². The van der Waals surface area contributed by atoms with Gasteiger partial charge in [0, 0.05) is 12.1 Å². The number of carboxylic acids is 1. The number of nitrogens with zero attached hydrogens (tertiary/aromatic N) is 1. The largest absolute Gasteiger partial charge is 0.481 e. The number of carbonyl (C=O) groups is 2. The molecule has 1 aromatic heterocycles. The van der Waals surface area contributed by atoms with Crippen LogP contribution in [-0.2, 0) is 11.2 Å². The molecule has 2 aromatic rings. The van der Waals surface area contributed by atoms with Crippen molar-refractivity contribution < 1.29 is 19.2 Å². The van der Waals surface area contributed by atoms with Crippen molar-refractivity contribution in [2.75, 3.05) is 5.32 Å². The van der Waals surface area contributed by atoms with Gasteiger partial charge in [-0.15, -0.1) is 0 Å². The number of carboxylic acid groups (broad SMARTS) is 1. The van der Waals surface area contributed by atoms with E-state index in [4.69, 9.17) is 9.63 Å². The first-order valence-corrected chi connectivity index (χ1v) is 6.10. The standard InChI is InChI=1S/C14H14N2O4/c1-9-11(8-15-20-9)14(19)16-12-5-3-2-4-10(12)6-7-13(17)18/h2-5,8H,6-7H2,1H3,(H,16,19)(H,17,18). The quantitative estimate of drug-likeness (QED) is 0.872. The number of benzene rings is 1. The number of nitrogens with one attached hydrogen (secondary N) is 1. The van der Waals surface area contributed by atoms with Crippen LogP contribution in [0.25, 0.3) is 0 Å². The molecule has 0 radical (unpaired) electrons. The Kier molecular flexibility index (Phi) is 4.14. The summed E-state index contributed by atoms with van der Waals surface area (Å²) in [5.41, 5.74) is 1.73. The van der Waals surface area contributed by atoms with Crippen molar-refractivity contribution in [3.05, 3.63) is 47.3 Å². The zero-order valence-corrected chi connectivity index (χ0v) is 10.9. The molecular formula is C14H14N2O4. The smallest absolute Gasteiger partial charge is 0.303 e. The number of aliphatic carboxylic acids is 1. The van der Waals surface area contributed by atoms with Gasteiger partial charge in [-0.3, -0.25) is 9.59 Å². The molecule has 0 atom stereocenters. The minimum atomic E-state index is -0.874. The van der Waals surface area contributed by atoms with Gasteiger partial charge in [-0.05, 0) is 25.0 Å². The van der Waals surface area contributed by atoms with Gasteiger partial charge in [-0.1, -0.05) is 23.4 Å². The van der Waals surface area contributed by atoms with E-state index in [1.165, 1.54) is 6.20 Å². The number of aromatic nitrogens is 1. The van der Waals surface area contributed by atoms with Gasteiger partial charge < -0.3 is 14.9 Å². The number of carbonyl (C=O) groups excluding carboxylic acids is 1. The zero-order chi connectivity index (χ0) is 14.5. The lowest BCUT2D eigenvalue weighted by atomic mass is 10.1. The molecule has 1 aromatic carbocycles. The van der Waals surface area contributed by atoms with Gasteiger partial charge in [0.2, 0.25) is 0 Å². The molecule has 0 spiro atoms. The second kappa shape index (κ2) is 6.01. The van der Waals surface area contributed by atoms with Crippen molar-refractivity contribution in [1.82, 2.24) is 5.16 Å². The fourth-order valence-electron chi connectivity index (χ4n) is 1.81. The Bertz CT molecular complexity index is 634. The molecule has 0 unspecified atom stereocenters. The highest BCUT2D eigenvalue weighted by Crippen LogP contribution is 2.18. The molecule has 104 valence electrons. The van der Waals surface area contributed by atoms with E-state index in [0.29, 0.717) is 23.4 Å². The summed E-state index contributed by atoms with van der Waals surface area (Å²) in [5.74, 6) is -0.766. The van der Waals surface area contributed by atoms with E-state index < -0.39 is 5.97 Å². The molecule has 20 heavy (non-hydrogen) atoms. The van der Waals surface area contributed by atoms with Gasteiger partial charge in [0.15, 0.2) is 0 Å². The summed E-state index contributed by atoms with van der Waals surface area (Å²) in [6.07, 6.45) is 1.72. The first-order chi connectivity index (χ1) is 9.58. The molecule has 0 fully saturated rings. The summed E-state index contributed by atoms with van der Waals surface area (Å²) in [6, 6.07) is 7.11. The summed E-state index contributed by atoms with van der Waals surface area (Å²) >= 11 is 0. The van der Waals surface area contributed by atoms with Gasteiger partial charge in [0.05, 0.1) is 6.20 Å². The van der Waals surface area contributed by atoms with E-state index in [1.807, 2.05) is 0 Å². The highest BCUT2D eigenvalue weighted by molar-refractivity contribution is 6.05. The lowest BCUT2D eigenvalue weighted by Crippen LogP contribution is -2.14. The van der Waals surface area contributed by atoms with Gasteiger partial charge in [0.1, 0.15) is 11.3 Å². The molecule has 0 saturated carbocycles. The van der Waals surface area contributed by atoms with E-state index >= 15 is 0 Å². The van der Waals surface area contributed by atoms with Crippen LogP contribution in [-0.4, -0.2) is 22.1 Å². The Hall–Kier alpha value is -2.63. The van der Waals surface area contributed by atoms with Crippen molar-refractivity contribution >= 4 is 17.6 Å². The van der Waals surface area contributed by atoms with Gasteiger partial charge in [-0.2, -0.15) is 0 Å². The SMILES string of the molecule is Cc1oncc1C(=O)Nc1ccccc1CCC(=O)O. The molecule has 1 amide bonds. The maximum atomic E-state index is 12.1. The number of para-hydroxylation sites is 1. The van der Waals surface area contributed by atoms with Crippen LogP contribution < -0.4 is 5.32 Å². The van der Waals surface area contributed by atoms with Crippen molar-refractivity contribution in [3.63, 3.8) is 0 Å². The van der Waals surface area contributed by atoms with Gasteiger partial charge in [0.25, 0.3) is 5.91 Å². The summed E-state index contributed by atoms with van der Waals surface area (Å²) in [6.45, 7) is 1.65. The zero-order valence-electron chi connectivity index (χ0n) is 10.9. The molecule has 0 saturated heterocycles. The van der Waals surface area contributed by atoms with E-state index in [-0.39, 0.29) is 12.3 Å². The third kappa shape index (κ3) is 3.23. The normalized spacial score (nSPS) is 10.2. The van der Waals surface area contributed by atoms with Crippen molar-refractivity contribution in [3.8, 4) is 0 Å². The second-order valence-corrected chi connectivity index (χ2v) is 4.30. The van der Waals surface area contributed by atoms with Gasteiger partial charge in [-0.25, -0.2) is 0 Å². The van der Waals surface area contributed by atoms with Crippen molar-refractivity contribution in [2.45, 2.75) is 19.8 Å². The first-order valence-electron chi connectivity index (χ1n) is 6.10. The summed E-state index contributed by atoms with van der Waals surface area (Å²) in [4.78, 5) is 22.7. The third-order valence-electron chi connectivity index (χ3n) is 2.87. The lowest BCUT2D eigenvalue weighted by molar-refractivity contribution is -0.136. The molecule has 0 aliphatic carbocycles. The fraction of sp³-hybridized carbons (Fsp3) is 0.214. The number of hydrogen-bond donors (Lipinski definition) is 2. The maximum Gasteiger partial charge on any atom is 0.303 e. The summed E-state index contributed by atoms with van der Waals surface area (Å²) in [7, 11) is 0. The van der Waals surface area contributed by atoms with Crippen LogP contribution in [0.2, 0.25) is 0 Å². The lowest BCUT2D eigenvalue weighted by Gasteiger charge is -2.09. The molecule has 6 nitrogen and oxygen atoms in total. The Balaban J connectivity index is 2.15. The molecule has 6 heteroatoms. The van der Waals surface area contributed by atoms with Crippen LogP contribution in [0.4, 0.5) is 5.69 Å². The molecule has 0 aliphatic heterocycles. The third-order valence-corrected chi connectivity index (χ3v) is 2.87. The Labute approximate surface area is 115 Å². The molecule has 1 heterocycles. The van der Waals surface area contributed by atoms with Crippen LogP contribution >= 0.6 is 0 Å². The predicted octanol–water partition coefficient (Wildman–Crippen LogP) is 2.25. The monoisotopic (exact) mass is 274 g/mol. The molecule has 0 bridgehead atoms. The summed E-state index contributed by atoms with van der Waals surface area (Å²) in [5, 5.41) is 15.0. The molecule has 0 aliphatic rings.